The minimum Gasteiger partial charge on any atom is -0.240 e. The summed E-state index contributed by atoms with van der Waals surface area (Å²) in [6.45, 7) is 3.84. The molecule has 56 valence electrons. The first kappa shape index (κ1) is 7.74. The van der Waals surface area contributed by atoms with Crippen LogP contribution in [0.15, 0.2) is 18.5 Å². The molecule has 0 amide bonds. The van der Waals surface area contributed by atoms with E-state index in [1.54, 1.807) is 18.5 Å². The van der Waals surface area contributed by atoms with Crippen molar-refractivity contribution in [3.63, 3.8) is 0 Å². The van der Waals surface area contributed by atoms with Crippen molar-refractivity contribution in [2.45, 2.75) is 19.3 Å². The highest BCUT2D eigenvalue weighted by Crippen LogP contribution is 2.15. The van der Waals surface area contributed by atoms with Crippen molar-refractivity contribution in [3.8, 4) is 12.3 Å². The van der Waals surface area contributed by atoms with Gasteiger partial charge in [0.05, 0.1) is 5.41 Å². The second-order valence-electron chi connectivity index (χ2n) is 2.84. The molecule has 0 aliphatic heterocycles. The third-order valence-corrected chi connectivity index (χ3v) is 1.49. The number of aromatic nitrogens is 2. The van der Waals surface area contributed by atoms with Crippen molar-refractivity contribution in [3.05, 3.63) is 24.3 Å². The Morgan fingerprint density at radius 1 is 1.36 bits per heavy atom. The molecule has 2 nitrogen and oxygen atoms in total. The fourth-order valence-electron chi connectivity index (χ4n) is 0.686. The average molecular weight is 146 g/mol. The van der Waals surface area contributed by atoms with Crippen molar-refractivity contribution < 1.29 is 0 Å². The van der Waals surface area contributed by atoms with Gasteiger partial charge in [0.25, 0.3) is 0 Å². The van der Waals surface area contributed by atoms with Crippen LogP contribution in [0.5, 0.6) is 0 Å². The maximum atomic E-state index is 5.31. The number of rotatable bonds is 1. The summed E-state index contributed by atoms with van der Waals surface area (Å²) in [4.78, 5) is 8.14. The molecule has 11 heavy (non-hydrogen) atoms. The van der Waals surface area contributed by atoms with Crippen LogP contribution >= 0.6 is 0 Å². The summed E-state index contributed by atoms with van der Waals surface area (Å²) in [7, 11) is 0. The van der Waals surface area contributed by atoms with E-state index in [-0.39, 0.29) is 5.41 Å². The Balaban J connectivity index is 3.05. The number of nitrogens with zero attached hydrogens (tertiary/aromatic N) is 2. The molecule has 0 aromatic carbocycles. The second-order valence-corrected chi connectivity index (χ2v) is 2.84. The normalized spacial score (nSPS) is 10.6. The predicted octanol–water partition coefficient (Wildman–Crippen LogP) is 1.39. The lowest BCUT2D eigenvalue weighted by atomic mass is 9.94. The molecule has 0 aliphatic rings. The van der Waals surface area contributed by atoms with Crippen LogP contribution in [-0.2, 0) is 5.41 Å². The summed E-state index contributed by atoms with van der Waals surface area (Å²) in [6.07, 6.45) is 8.70. The first-order valence-electron chi connectivity index (χ1n) is 3.42. The van der Waals surface area contributed by atoms with E-state index in [9.17, 15) is 0 Å². The lowest BCUT2D eigenvalue weighted by Crippen LogP contribution is -2.17. The molecular weight excluding hydrogens is 136 g/mol. The zero-order valence-corrected chi connectivity index (χ0v) is 6.70. The summed E-state index contributed by atoms with van der Waals surface area (Å²) < 4.78 is 0. The van der Waals surface area contributed by atoms with E-state index < -0.39 is 0 Å². The van der Waals surface area contributed by atoms with E-state index in [0.717, 1.165) is 0 Å². The van der Waals surface area contributed by atoms with E-state index >= 15 is 0 Å². The lowest BCUT2D eigenvalue weighted by Gasteiger charge is -2.13. The van der Waals surface area contributed by atoms with Crippen molar-refractivity contribution in [2.24, 2.45) is 0 Å². The van der Waals surface area contributed by atoms with Crippen molar-refractivity contribution in [1.82, 2.24) is 9.97 Å². The highest BCUT2D eigenvalue weighted by molar-refractivity contribution is 5.19. The minimum atomic E-state index is -0.360. The van der Waals surface area contributed by atoms with E-state index in [1.807, 2.05) is 13.8 Å². The van der Waals surface area contributed by atoms with Gasteiger partial charge < -0.3 is 0 Å². The van der Waals surface area contributed by atoms with Gasteiger partial charge in [0.1, 0.15) is 5.82 Å². The molecule has 1 rings (SSSR count). The van der Waals surface area contributed by atoms with Gasteiger partial charge in [0.15, 0.2) is 0 Å². The molecule has 2 heteroatoms. The summed E-state index contributed by atoms with van der Waals surface area (Å²) in [6, 6.07) is 1.77. The fourth-order valence-corrected chi connectivity index (χ4v) is 0.686. The number of terminal acetylenes is 1. The van der Waals surface area contributed by atoms with Crippen LogP contribution in [-0.4, -0.2) is 9.97 Å². The van der Waals surface area contributed by atoms with Gasteiger partial charge in [-0.25, -0.2) is 9.97 Å². The zero-order chi connectivity index (χ0) is 8.32. The minimum absolute atomic E-state index is 0.360. The molecule has 0 fully saturated rings. The van der Waals surface area contributed by atoms with Crippen molar-refractivity contribution in [2.75, 3.05) is 0 Å². The van der Waals surface area contributed by atoms with Gasteiger partial charge in [-0.1, -0.05) is 5.92 Å². The summed E-state index contributed by atoms with van der Waals surface area (Å²) in [5.41, 5.74) is -0.360. The average Bonchev–Trinajstić information content (AvgIpc) is 2.06. The van der Waals surface area contributed by atoms with E-state index in [4.69, 9.17) is 6.42 Å². The predicted molar refractivity (Wildman–Crippen MR) is 43.9 cm³/mol. The first-order chi connectivity index (χ1) is 5.17. The van der Waals surface area contributed by atoms with Gasteiger partial charge in [0, 0.05) is 12.4 Å². The molecule has 0 aliphatic carbocycles. The Morgan fingerprint density at radius 3 is 2.36 bits per heavy atom. The first-order valence-corrected chi connectivity index (χ1v) is 3.42. The highest BCUT2D eigenvalue weighted by atomic mass is 14.9. The molecule has 1 aromatic rings. The van der Waals surface area contributed by atoms with Crippen molar-refractivity contribution in [1.29, 1.82) is 0 Å². The van der Waals surface area contributed by atoms with Crippen molar-refractivity contribution >= 4 is 0 Å². The van der Waals surface area contributed by atoms with Crippen LogP contribution in [0.1, 0.15) is 19.7 Å². The Morgan fingerprint density at radius 2 is 1.91 bits per heavy atom. The van der Waals surface area contributed by atoms with Crippen LogP contribution in [0.2, 0.25) is 0 Å². The van der Waals surface area contributed by atoms with Gasteiger partial charge in [-0.05, 0) is 19.9 Å². The third-order valence-electron chi connectivity index (χ3n) is 1.49. The summed E-state index contributed by atoms with van der Waals surface area (Å²) in [5, 5.41) is 0. The van der Waals surface area contributed by atoms with E-state index in [2.05, 4.69) is 15.9 Å². The molecule has 0 radical (unpaired) electrons. The third kappa shape index (κ3) is 1.56. The summed E-state index contributed by atoms with van der Waals surface area (Å²) in [5.74, 6) is 3.33. The molecule has 0 spiro atoms. The zero-order valence-electron chi connectivity index (χ0n) is 6.70. The van der Waals surface area contributed by atoms with Gasteiger partial charge in [-0.15, -0.1) is 6.42 Å². The maximum absolute atomic E-state index is 5.31. The van der Waals surface area contributed by atoms with Gasteiger partial charge in [-0.3, -0.25) is 0 Å². The van der Waals surface area contributed by atoms with Crippen LogP contribution in [0.4, 0.5) is 0 Å². The molecule has 0 saturated carbocycles. The second kappa shape index (κ2) is 2.71. The standard InChI is InChI=1S/C9H10N2/c1-4-9(2,3)8-10-6-5-7-11-8/h1,5-7H,2-3H3. The Hall–Kier alpha value is -1.36. The highest BCUT2D eigenvalue weighted by Gasteiger charge is 2.19. The molecular formula is C9H10N2. The molecule has 1 heterocycles. The van der Waals surface area contributed by atoms with Crippen LogP contribution < -0.4 is 0 Å². The van der Waals surface area contributed by atoms with Gasteiger partial charge in [0.2, 0.25) is 0 Å². The SMILES string of the molecule is C#CC(C)(C)c1ncccn1. The number of hydrogen-bond acceptors (Lipinski definition) is 2. The number of hydrogen-bond donors (Lipinski definition) is 0. The Kier molecular flexibility index (Phi) is 1.91. The topological polar surface area (TPSA) is 25.8 Å². The van der Waals surface area contributed by atoms with Crippen LogP contribution in [0.25, 0.3) is 0 Å². The van der Waals surface area contributed by atoms with E-state index in [0.29, 0.717) is 5.82 Å². The molecule has 1 aromatic heterocycles. The molecule has 0 bridgehead atoms. The largest absolute Gasteiger partial charge is 0.240 e. The quantitative estimate of drug-likeness (QED) is 0.559. The molecule has 0 N–H and O–H groups in total. The van der Waals surface area contributed by atoms with Gasteiger partial charge >= 0.3 is 0 Å². The Labute approximate surface area is 66.7 Å². The Bertz CT molecular complexity index is 269. The van der Waals surface area contributed by atoms with Crippen LogP contribution in [0.3, 0.4) is 0 Å². The molecule has 0 saturated heterocycles. The van der Waals surface area contributed by atoms with Crippen LogP contribution in [0, 0.1) is 12.3 Å². The fraction of sp³-hybridized carbons (Fsp3) is 0.333. The smallest absolute Gasteiger partial charge is 0.145 e. The molecule has 0 atom stereocenters. The summed E-state index contributed by atoms with van der Waals surface area (Å²) >= 11 is 0. The van der Waals surface area contributed by atoms with E-state index in [1.165, 1.54) is 0 Å². The monoisotopic (exact) mass is 146 g/mol. The maximum Gasteiger partial charge on any atom is 0.145 e. The lowest BCUT2D eigenvalue weighted by molar-refractivity contribution is 0.638. The molecule has 0 unspecified atom stereocenters. The van der Waals surface area contributed by atoms with Gasteiger partial charge in [-0.2, -0.15) is 0 Å².